The molecule has 1 aliphatic carbocycles. The molecule has 348 valence electrons. The minimum Gasteiger partial charge on any atom is -0.311 e. The van der Waals surface area contributed by atoms with E-state index in [1.54, 1.807) is 0 Å². The number of fused-ring (bicyclic) bond motifs is 6. The SMILES string of the molecule is c1ccc(N2c3ccccc3[Si](c3ccccc3)(c3ccccc3)c3ccc(N(c4ccc(-c5cccc6ccccc56)cc4)c4ccc5c(c4)C(c4ccccc4)(c4ccccc4)c4ccccc4-5)cc32)cc1. The predicted molar refractivity (Wildman–Crippen MR) is 313 cm³/mol. The quantitative estimate of drug-likeness (QED) is 0.133. The van der Waals surface area contributed by atoms with Crippen LogP contribution in [0.15, 0.2) is 303 Å². The van der Waals surface area contributed by atoms with Crippen LogP contribution in [0.4, 0.5) is 34.1 Å². The molecule has 0 fully saturated rings. The molecule has 74 heavy (non-hydrogen) atoms. The minimum absolute atomic E-state index is 0.561. The lowest BCUT2D eigenvalue weighted by Crippen LogP contribution is -2.77. The summed E-state index contributed by atoms with van der Waals surface area (Å²) in [6.45, 7) is 0. The third-order valence-corrected chi connectivity index (χ3v) is 20.6. The lowest BCUT2D eigenvalue weighted by Gasteiger charge is -2.45. The van der Waals surface area contributed by atoms with Crippen molar-refractivity contribution in [1.29, 1.82) is 0 Å². The predicted octanol–water partition coefficient (Wildman–Crippen LogP) is 15.5. The Morgan fingerprint density at radius 1 is 0.324 bits per heavy atom. The van der Waals surface area contributed by atoms with E-state index in [4.69, 9.17) is 0 Å². The highest BCUT2D eigenvalue weighted by Crippen LogP contribution is 2.57. The first kappa shape index (κ1) is 43.5. The highest BCUT2D eigenvalue weighted by molar-refractivity contribution is 7.21. The molecular weight excluding hydrogens is 909 g/mol. The number of hydrogen-bond donors (Lipinski definition) is 0. The number of anilines is 6. The van der Waals surface area contributed by atoms with Gasteiger partial charge in [-0.05, 0) is 131 Å². The largest absolute Gasteiger partial charge is 0.311 e. The first-order valence-corrected chi connectivity index (χ1v) is 27.7. The van der Waals surface area contributed by atoms with Crippen LogP contribution in [0.2, 0.25) is 0 Å². The van der Waals surface area contributed by atoms with Crippen molar-refractivity contribution >= 4 is 73.7 Å². The van der Waals surface area contributed by atoms with Crippen LogP contribution < -0.4 is 30.5 Å². The van der Waals surface area contributed by atoms with Gasteiger partial charge in [0.05, 0.1) is 5.41 Å². The molecule has 0 unspecified atom stereocenters. The molecule has 1 aliphatic heterocycles. The maximum Gasteiger partial charge on any atom is 0.184 e. The van der Waals surface area contributed by atoms with E-state index in [2.05, 4.69) is 313 Å². The van der Waals surface area contributed by atoms with E-state index in [1.807, 2.05) is 0 Å². The second-order valence-corrected chi connectivity index (χ2v) is 23.3. The fourth-order valence-corrected chi connectivity index (χ4v) is 17.8. The van der Waals surface area contributed by atoms with Crippen LogP contribution in [0.3, 0.4) is 0 Å². The maximum absolute atomic E-state index is 2.94. The number of nitrogens with zero attached hydrogens (tertiary/aromatic N) is 2. The van der Waals surface area contributed by atoms with Gasteiger partial charge in [-0.15, -0.1) is 0 Å². The molecule has 0 radical (unpaired) electrons. The van der Waals surface area contributed by atoms with Crippen LogP contribution in [0.1, 0.15) is 22.3 Å². The molecule has 12 aromatic rings. The van der Waals surface area contributed by atoms with Gasteiger partial charge in [0.15, 0.2) is 8.07 Å². The molecule has 14 rings (SSSR count). The Kier molecular flexibility index (Phi) is 10.5. The summed E-state index contributed by atoms with van der Waals surface area (Å²) in [5, 5.41) is 7.92. The first-order chi connectivity index (χ1) is 36.7. The lowest BCUT2D eigenvalue weighted by atomic mass is 9.67. The molecule has 0 saturated carbocycles. The molecule has 1 heterocycles. The zero-order valence-electron chi connectivity index (χ0n) is 40.8. The molecule has 3 heteroatoms. The van der Waals surface area contributed by atoms with E-state index in [0.29, 0.717) is 0 Å². The van der Waals surface area contributed by atoms with Crippen LogP contribution in [0, 0.1) is 0 Å². The Bertz CT molecular complexity index is 3920. The van der Waals surface area contributed by atoms with Crippen molar-refractivity contribution in [3.05, 3.63) is 326 Å². The van der Waals surface area contributed by atoms with Crippen LogP contribution >= 0.6 is 0 Å². The van der Waals surface area contributed by atoms with Crippen LogP contribution in [-0.2, 0) is 5.41 Å². The Morgan fingerprint density at radius 2 is 0.824 bits per heavy atom. The minimum atomic E-state index is -2.94. The van der Waals surface area contributed by atoms with Gasteiger partial charge < -0.3 is 9.80 Å². The summed E-state index contributed by atoms with van der Waals surface area (Å²) in [7, 11) is -2.94. The molecule has 0 N–H and O–H groups in total. The average Bonchev–Trinajstić information content (AvgIpc) is 3.79. The molecule has 0 saturated heterocycles. The van der Waals surface area contributed by atoms with Crippen molar-refractivity contribution in [3.63, 3.8) is 0 Å². The van der Waals surface area contributed by atoms with E-state index in [0.717, 1.165) is 22.7 Å². The van der Waals surface area contributed by atoms with Gasteiger partial charge in [-0.3, -0.25) is 0 Å². The normalized spacial score (nSPS) is 13.6. The van der Waals surface area contributed by atoms with Gasteiger partial charge in [0.25, 0.3) is 0 Å². The molecule has 0 bridgehead atoms. The van der Waals surface area contributed by atoms with Crippen LogP contribution in [0.25, 0.3) is 33.0 Å². The van der Waals surface area contributed by atoms with Crippen molar-refractivity contribution in [2.75, 3.05) is 9.80 Å². The van der Waals surface area contributed by atoms with Crippen molar-refractivity contribution in [2.45, 2.75) is 5.41 Å². The molecule has 2 aliphatic rings. The van der Waals surface area contributed by atoms with E-state index >= 15 is 0 Å². The van der Waals surface area contributed by atoms with E-state index in [-0.39, 0.29) is 0 Å². The van der Waals surface area contributed by atoms with Gasteiger partial charge >= 0.3 is 0 Å². The summed E-state index contributed by atoms with van der Waals surface area (Å²) < 4.78 is 0. The summed E-state index contributed by atoms with van der Waals surface area (Å²) in [6.07, 6.45) is 0. The second-order valence-electron chi connectivity index (χ2n) is 19.5. The topological polar surface area (TPSA) is 6.48 Å². The van der Waals surface area contributed by atoms with Gasteiger partial charge in [-0.2, -0.15) is 0 Å². The number of rotatable bonds is 9. The monoisotopic (exact) mass is 958 g/mol. The molecule has 0 aromatic heterocycles. The molecule has 12 aromatic carbocycles. The Hall–Kier alpha value is -9.28. The Balaban J connectivity index is 1.05. The first-order valence-electron chi connectivity index (χ1n) is 25.7. The van der Waals surface area contributed by atoms with Gasteiger partial charge in [0.2, 0.25) is 0 Å². The van der Waals surface area contributed by atoms with Crippen LogP contribution in [0.5, 0.6) is 0 Å². The maximum atomic E-state index is 2.52. The van der Waals surface area contributed by atoms with Crippen molar-refractivity contribution in [2.24, 2.45) is 0 Å². The summed E-state index contributed by atoms with van der Waals surface area (Å²) >= 11 is 0. The fraction of sp³-hybridized carbons (Fsp3) is 0.0141. The highest BCUT2D eigenvalue weighted by Gasteiger charge is 2.50. The van der Waals surface area contributed by atoms with Crippen molar-refractivity contribution in [1.82, 2.24) is 0 Å². The van der Waals surface area contributed by atoms with Gasteiger partial charge in [-0.25, -0.2) is 0 Å². The summed E-state index contributed by atoms with van der Waals surface area (Å²) in [5.74, 6) is 0. The molecule has 0 atom stereocenters. The Labute approximate surface area is 434 Å². The van der Waals surface area contributed by atoms with E-state index in [1.165, 1.54) is 87.4 Å². The lowest BCUT2D eigenvalue weighted by molar-refractivity contribution is 0.768. The van der Waals surface area contributed by atoms with Gasteiger partial charge in [0, 0.05) is 34.1 Å². The summed E-state index contributed by atoms with van der Waals surface area (Å²) in [5.41, 5.74) is 16.2. The standard InChI is InChI=1S/C71H50N2Si/c1-6-25-53(26-7-1)71(54-27-8-2-9-28-54)65-38-19-18-36-63(65)64-47-45-57(49-66(64)71)72(56-43-41-52(42-44-56)62-37-22-24-51-23-16-17-35-61(51)62)58-46-48-70-68(50-58)73(55-29-10-3-11-30-55)67-39-20-21-40-69(67)74(70,59-31-12-4-13-32-59)60-33-14-5-15-34-60/h1-50H. The fourth-order valence-electron chi connectivity index (χ4n) is 12.7. The summed E-state index contributed by atoms with van der Waals surface area (Å²) in [6, 6.07) is 113. The van der Waals surface area contributed by atoms with Crippen molar-refractivity contribution in [3.8, 4) is 22.3 Å². The summed E-state index contributed by atoms with van der Waals surface area (Å²) in [4.78, 5) is 5.01. The van der Waals surface area contributed by atoms with Gasteiger partial charge in [0.1, 0.15) is 0 Å². The zero-order valence-corrected chi connectivity index (χ0v) is 41.8. The van der Waals surface area contributed by atoms with E-state index in [9.17, 15) is 0 Å². The van der Waals surface area contributed by atoms with Crippen molar-refractivity contribution < 1.29 is 0 Å². The number of benzene rings is 12. The smallest absolute Gasteiger partial charge is 0.184 e. The molecule has 2 nitrogen and oxygen atoms in total. The number of hydrogen-bond acceptors (Lipinski definition) is 2. The Morgan fingerprint density at radius 3 is 1.53 bits per heavy atom. The molecule has 0 spiro atoms. The molecular formula is C71H50N2Si. The number of para-hydroxylation sites is 2. The van der Waals surface area contributed by atoms with Gasteiger partial charge in [-0.1, -0.05) is 249 Å². The second kappa shape index (κ2) is 17.8. The zero-order chi connectivity index (χ0) is 49.1. The van der Waals surface area contributed by atoms with Crippen LogP contribution in [-0.4, -0.2) is 8.07 Å². The third-order valence-electron chi connectivity index (χ3n) is 15.8. The third kappa shape index (κ3) is 6.64. The molecule has 0 amide bonds. The van der Waals surface area contributed by atoms with E-state index < -0.39 is 13.5 Å². The average molecular weight is 959 g/mol. The highest BCUT2D eigenvalue weighted by atomic mass is 28.3.